The first-order valence-corrected chi connectivity index (χ1v) is 10.5. The molecular formula is C24H27NO2. The van der Waals surface area contributed by atoms with E-state index in [1.54, 1.807) is 0 Å². The molecule has 3 heteroatoms. The molecule has 0 aromatic heterocycles. The van der Waals surface area contributed by atoms with E-state index in [0.29, 0.717) is 12.1 Å². The van der Waals surface area contributed by atoms with Gasteiger partial charge in [0, 0.05) is 11.6 Å². The van der Waals surface area contributed by atoms with Crippen LogP contribution in [0, 0.1) is 17.8 Å². The quantitative estimate of drug-likeness (QED) is 0.733. The third-order valence-electron chi connectivity index (χ3n) is 7.34. The summed E-state index contributed by atoms with van der Waals surface area (Å²) >= 11 is 0. The second-order valence-corrected chi connectivity index (χ2v) is 9.31. The standard InChI is InChI=1S/C24H27NO2/c1-2-4-17(5-3-1)16-26-22-7-6-21-15-25(27-23(21)11-22)24-12-18-8-19(13-24)10-20(9-18)14-24/h1-7,11,18-20H,8-10,12-16H2. The van der Waals surface area contributed by atoms with Crippen LogP contribution in [0.4, 0.5) is 0 Å². The fourth-order valence-corrected chi connectivity index (χ4v) is 6.52. The molecule has 0 spiro atoms. The summed E-state index contributed by atoms with van der Waals surface area (Å²) in [7, 11) is 0. The Balaban J connectivity index is 1.18. The first-order valence-electron chi connectivity index (χ1n) is 10.5. The van der Waals surface area contributed by atoms with Gasteiger partial charge < -0.3 is 9.57 Å². The summed E-state index contributed by atoms with van der Waals surface area (Å²) in [6.45, 7) is 1.53. The van der Waals surface area contributed by atoms with Crippen LogP contribution in [0.1, 0.15) is 49.7 Å². The molecular weight excluding hydrogens is 334 g/mol. The summed E-state index contributed by atoms with van der Waals surface area (Å²) in [5.41, 5.74) is 2.78. The number of hydroxylamine groups is 2. The van der Waals surface area contributed by atoms with Crippen LogP contribution in [0.3, 0.4) is 0 Å². The molecule has 4 aliphatic carbocycles. The van der Waals surface area contributed by atoms with E-state index in [0.717, 1.165) is 35.8 Å². The van der Waals surface area contributed by atoms with Crippen LogP contribution in [-0.4, -0.2) is 10.6 Å². The topological polar surface area (TPSA) is 21.7 Å². The average molecular weight is 361 g/mol. The number of ether oxygens (including phenoxy) is 1. The summed E-state index contributed by atoms with van der Waals surface area (Å²) in [5, 5.41) is 2.35. The van der Waals surface area contributed by atoms with Crippen molar-refractivity contribution < 1.29 is 9.57 Å². The second-order valence-electron chi connectivity index (χ2n) is 9.31. The van der Waals surface area contributed by atoms with Gasteiger partial charge in [0.15, 0.2) is 5.75 Å². The van der Waals surface area contributed by atoms with E-state index < -0.39 is 0 Å². The molecule has 7 rings (SSSR count). The molecule has 0 N–H and O–H groups in total. The van der Waals surface area contributed by atoms with Crippen molar-refractivity contribution in [3.8, 4) is 11.5 Å². The molecule has 0 unspecified atom stereocenters. The fourth-order valence-electron chi connectivity index (χ4n) is 6.52. The van der Waals surface area contributed by atoms with E-state index >= 15 is 0 Å². The Morgan fingerprint density at radius 2 is 1.63 bits per heavy atom. The van der Waals surface area contributed by atoms with Crippen molar-refractivity contribution in [2.24, 2.45) is 17.8 Å². The van der Waals surface area contributed by atoms with Crippen LogP contribution in [0.15, 0.2) is 48.5 Å². The molecule has 0 atom stereocenters. The molecule has 0 saturated heterocycles. The van der Waals surface area contributed by atoms with Crippen LogP contribution in [0.5, 0.6) is 11.5 Å². The third-order valence-corrected chi connectivity index (χ3v) is 7.34. The Morgan fingerprint density at radius 1 is 0.926 bits per heavy atom. The summed E-state index contributed by atoms with van der Waals surface area (Å²) < 4.78 is 6.00. The Morgan fingerprint density at radius 3 is 2.33 bits per heavy atom. The van der Waals surface area contributed by atoms with Crippen molar-refractivity contribution in [2.45, 2.75) is 57.2 Å². The lowest BCUT2D eigenvalue weighted by atomic mass is 9.53. The molecule has 1 heterocycles. The van der Waals surface area contributed by atoms with Gasteiger partial charge in [0.2, 0.25) is 0 Å². The zero-order valence-electron chi connectivity index (χ0n) is 15.8. The number of rotatable bonds is 4. The molecule has 5 aliphatic rings. The minimum Gasteiger partial charge on any atom is -0.489 e. The number of fused-ring (bicyclic) bond motifs is 1. The minimum absolute atomic E-state index is 0.291. The number of hydrogen-bond donors (Lipinski definition) is 0. The van der Waals surface area contributed by atoms with Gasteiger partial charge in [0.25, 0.3) is 0 Å². The van der Waals surface area contributed by atoms with E-state index in [1.165, 1.54) is 49.7 Å². The molecule has 4 saturated carbocycles. The monoisotopic (exact) mass is 361 g/mol. The zero-order valence-corrected chi connectivity index (χ0v) is 15.8. The van der Waals surface area contributed by atoms with Crippen molar-refractivity contribution in [1.82, 2.24) is 5.06 Å². The van der Waals surface area contributed by atoms with Gasteiger partial charge >= 0.3 is 0 Å². The van der Waals surface area contributed by atoms with Crippen LogP contribution < -0.4 is 9.57 Å². The minimum atomic E-state index is 0.291. The first-order chi connectivity index (χ1) is 13.3. The number of hydrogen-bond acceptors (Lipinski definition) is 3. The Hall–Kier alpha value is -2.00. The predicted octanol–water partition coefficient (Wildman–Crippen LogP) is 5.34. The zero-order chi connectivity index (χ0) is 17.8. The first kappa shape index (κ1) is 16.0. The maximum Gasteiger partial charge on any atom is 0.155 e. The molecule has 2 aromatic rings. The van der Waals surface area contributed by atoms with Crippen molar-refractivity contribution in [3.63, 3.8) is 0 Å². The van der Waals surface area contributed by atoms with Crippen molar-refractivity contribution in [3.05, 3.63) is 59.7 Å². The van der Waals surface area contributed by atoms with Crippen molar-refractivity contribution in [1.29, 1.82) is 0 Å². The fraction of sp³-hybridized carbons (Fsp3) is 0.500. The Kier molecular flexibility index (Phi) is 3.56. The SMILES string of the molecule is c1ccc(COc2ccc3c(c2)ON(C24CC5CC(CC(C5)C2)C4)C3)cc1. The van der Waals surface area contributed by atoms with Gasteiger partial charge in [0.1, 0.15) is 12.4 Å². The summed E-state index contributed by atoms with van der Waals surface area (Å²) in [6, 6.07) is 16.7. The van der Waals surface area contributed by atoms with Gasteiger partial charge in [-0.15, -0.1) is 5.06 Å². The highest BCUT2D eigenvalue weighted by atomic mass is 16.7. The smallest absolute Gasteiger partial charge is 0.155 e. The van der Waals surface area contributed by atoms with Gasteiger partial charge in [-0.1, -0.05) is 36.4 Å². The molecule has 140 valence electrons. The highest BCUT2D eigenvalue weighted by molar-refractivity contribution is 5.42. The van der Waals surface area contributed by atoms with Gasteiger partial charge in [-0.05, 0) is 67.9 Å². The van der Waals surface area contributed by atoms with E-state index in [2.05, 4.69) is 35.4 Å². The van der Waals surface area contributed by atoms with Crippen LogP contribution >= 0.6 is 0 Å². The Labute approximate surface area is 161 Å². The summed E-state index contributed by atoms with van der Waals surface area (Å²) in [5.74, 6) is 4.70. The largest absolute Gasteiger partial charge is 0.489 e. The normalized spacial score (nSPS) is 33.7. The van der Waals surface area contributed by atoms with Crippen LogP contribution in [-0.2, 0) is 13.2 Å². The molecule has 4 bridgehead atoms. The van der Waals surface area contributed by atoms with Crippen LogP contribution in [0.2, 0.25) is 0 Å². The van der Waals surface area contributed by atoms with E-state index in [1.807, 2.05) is 18.2 Å². The second kappa shape index (κ2) is 6.00. The highest BCUT2D eigenvalue weighted by Gasteiger charge is 2.55. The molecule has 1 aliphatic heterocycles. The molecule has 4 fully saturated rings. The molecule has 0 radical (unpaired) electrons. The molecule has 3 nitrogen and oxygen atoms in total. The highest BCUT2D eigenvalue weighted by Crippen LogP contribution is 2.58. The molecule has 27 heavy (non-hydrogen) atoms. The van der Waals surface area contributed by atoms with E-state index in [4.69, 9.17) is 9.57 Å². The van der Waals surface area contributed by atoms with Gasteiger partial charge in [-0.3, -0.25) is 0 Å². The van der Waals surface area contributed by atoms with Crippen molar-refractivity contribution >= 4 is 0 Å². The molecule has 0 amide bonds. The van der Waals surface area contributed by atoms with Crippen LogP contribution in [0.25, 0.3) is 0 Å². The lowest BCUT2D eigenvalue weighted by molar-refractivity contribution is -0.200. The number of benzene rings is 2. The van der Waals surface area contributed by atoms with E-state index in [-0.39, 0.29) is 0 Å². The van der Waals surface area contributed by atoms with Crippen molar-refractivity contribution in [2.75, 3.05) is 0 Å². The van der Waals surface area contributed by atoms with E-state index in [9.17, 15) is 0 Å². The summed E-state index contributed by atoms with van der Waals surface area (Å²) in [6.07, 6.45) is 8.42. The molecule has 2 aromatic carbocycles. The maximum absolute atomic E-state index is 6.44. The van der Waals surface area contributed by atoms with Gasteiger partial charge in [0.05, 0.1) is 12.1 Å². The lowest BCUT2D eigenvalue weighted by Crippen LogP contribution is -2.59. The summed E-state index contributed by atoms with van der Waals surface area (Å²) in [4.78, 5) is 6.44. The predicted molar refractivity (Wildman–Crippen MR) is 104 cm³/mol. The van der Waals surface area contributed by atoms with Gasteiger partial charge in [-0.2, -0.15) is 0 Å². The maximum atomic E-state index is 6.44. The Bertz CT molecular complexity index is 811. The third kappa shape index (κ3) is 2.75. The van der Waals surface area contributed by atoms with Gasteiger partial charge in [-0.25, -0.2) is 0 Å². The number of nitrogens with zero attached hydrogens (tertiary/aromatic N) is 1. The average Bonchev–Trinajstić information content (AvgIpc) is 3.10. The lowest BCUT2D eigenvalue weighted by Gasteiger charge is -2.58.